The molecule has 0 aliphatic rings. The van der Waals surface area contributed by atoms with Gasteiger partial charge in [0.25, 0.3) is 0 Å². The fraction of sp³-hybridized carbons (Fsp3) is 0.318. The smallest absolute Gasteiger partial charge is 0.408 e. The van der Waals surface area contributed by atoms with Gasteiger partial charge in [0.05, 0.1) is 11.0 Å². The van der Waals surface area contributed by atoms with E-state index in [1.165, 1.54) is 6.08 Å². The van der Waals surface area contributed by atoms with Gasteiger partial charge < -0.3 is 10.1 Å². The molecule has 7 heteroatoms. The Morgan fingerprint density at radius 2 is 1.79 bits per heavy atom. The summed E-state index contributed by atoms with van der Waals surface area (Å²) in [5.41, 5.74) is 1.37. The number of alkyl carbamates (subject to hydrolysis) is 1. The van der Waals surface area contributed by atoms with E-state index in [0.29, 0.717) is 6.42 Å². The highest BCUT2D eigenvalue weighted by Gasteiger charge is 2.22. The van der Waals surface area contributed by atoms with Crippen molar-refractivity contribution in [3.63, 3.8) is 0 Å². The predicted octanol–water partition coefficient (Wildman–Crippen LogP) is 5.34. The maximum atomic E-state index is 12.3. The molecule has 0 aliphatic carbocycles. The molecule has 0 unspecified atom stereocenters. The molecule has 2 rings (SSSR count). The van der Waals surface area contributed by atoms with Gasteiger partial charge in [-0.05, 0) is 63.6 Å². The van der Waals surface area contributed by atoms with Crippen LogP contribution in [0.3, 0.4) is 0 Å². The van der Waals surface area contributed by atoms with Crippen molar-refractivity contribution in [2.45, 2.75) is 50.7 Å². The molecule has 0 bridgehead atoms. The van der Waals surface area contributed by atoms with Crippen molar-refractivity contribution in [1.82, 2.24) is 5.32 Å². The Morgan fingerprint density at radius 3 is 2.34 bits per heavy atom. The van der Waals surface area contributed by atoms with Crippen LogP contribution in [0.25, 0.3) is 0 Å². The highest BCUT2D eigenvalue weighted by Crippen LogP contribution is 2.28. The molecule has 0 heterocycles. The Bertz CT molecular complexity index is 859. The summed E-state index contributed by atoms with van der Waals surface area (Å²) in [5, 5.41) is 14.3. The van der Waals surface area contributed by atoms with E-state index < -0.39 is 22.7 Å². The van der Waals surface area contributed by atoms with Crippen LogP contribution >= 0.6 is 11.8 Å². The van der Waals surface area contributed by atoms with Crippen molar-refractivity contribution in [1.29, 1.82) is 0 Å². The van der Waals surface area contributed by atoms with E-state index in [1.54, 1.807) is 20.8 Å². The van der Waals surface area contributed by atoms with Gasteiger partial charge in [0.1, 0.15) is 5.60 Å². The number of carbonyl (C=O) groups excluding carboxylic acids is 1. The van der Waals surface area contributed by atoms with E-state index in [2.05, 4.69) is 5.32 Å². The summed E-state index contributed by atoms with van der Waals surface area (Å²) in [6.07, 6.45) is 1.27. The van der Waals surface area contributed by atoms with Gasteiger partial charge in [0, 0.05) is 11.0 Å². The van der Waals surface area contributed by atoms with Crippen molar-refractivity contribution in [2.24, 2.45) is 0 Å². The molecule has 6 nitrogen and oxygen atoms in total. The second-order valence-corrected chi connectivity index (χ2v) is 8.71. The molecular weight excluding hydrogens is 388 g/mol. The van der Waals surface area contributed by atoms with Gasteiger partial charge in [-0.25, -0.2) is 4.79 Å². The zero-order valence-electron chi connectivity index (χ0n) is 17.0. The maximum absolute atomic E-state index is 12.3. The van der Waals surface area contributed by atoms with E-state index in [4.69, 9.17) is 4.74 Å². The van der Waals surface area contributed by atoms with Gasteiger partial charge in [-0.2, -0.15) is 0 Å². The van der Waals surface area contributed by atoms with Crippen LogP contribution in [0.15, 0.2) is 70.6 Å². The summed E-state index contributed by atoms with van der Waals surface area (Å²) < 4.78 is 5.32. The quantitative estimate of drug-likeness (QED) is 0.376. The van der Waals surface area contributed by atoms with Crippen LogP contribution in [0.4, 0.5) is 4.79 Å². The van der Waals surface area contributed by atoms with E-state index in [9.17, 15) is 14.9 Å². The van der Waals surface area contributed by atoms with Crippen molar-refractivity contribution in [3.8, 4) is 0 Å². The molecule has 0 aromatic heterocycles. The first-order valence-electron chi connectivity index (χ1n) is 9.26. The Kier molecular flexibility index (Phi) is 7.84. The number of rotatable bonds is 7. The second kappa shape index (κ2) is 10.1. The van der Waals surface area contributed by atoms with Gasteiger partial charge in [-0.3, -0.25) is 10.1 Å². The summed E-state index contributed by atoms with van der Waals surface area (Å²) in [7, 11) is 0. The van der Waals surface area contributed by atoms with Crippen molar-refractivity contribution in [2.75, 3.05) is 0 Å². The molecule has 1 N–H and O–H groups in total. The number of carbonyl (C=O) groups is 1. The first kappa shape index (κ1) is 22.5. The summed E-state index contributed by atoms with van der Waals surface area (Å²) >= 11 is 1.05. The molecular formula is C22H26N2O4S. The van der Waals surface area contributed by atoms with Crippen LogP contribution in [0.5, 0.6) is 0 Å². The number of nitro groups is 1. The minimum absolute atomic E-state index is 0.0501. The van der Waals surface area contributed by atoms with Crippen LogP contribution in [0, 0.1) is 17.0 Å². The lowest BCUT2D eigenvalue weighted by Gasteiger charge is -2.22. The van der Waals surface area contributed by atoms with Crippen LogP contribution in [0.1, 0.15) is 31.9 Å². The number of benzene rings is 2. The molecule has 0 saturated carbocycles. The monoisotopic (exact) mass is 414 g/mol. The van der Waals surface area contributed by atoms with Crippen LogP contribution in [-0.2, 0) is 11.2 Å². The number of thioether (sulfide) groups is 1. The second-order valence-electron chi connectivity index (χ2n) is 7.62. The number of ether oxygens (including phenoxy) is 1. The third-order valence-corrected chi connectivity index (χ3v) is 4.77. The van der Waals surface area contributed by atoms with Gasteiger partial charge >= 0.3 is 11.1 Å². The van der Waals surface area contributed by atoms with Crippen molar-refractivity contribution in [3.05, 3.63) is 86.9 Å². The highest BCUT2D eigenvalue weighted by atomic mass is 32.2. The van der Waals surface area contributed by atoms with Gasteiger partial charge in [0.15, 0.2) is 0 Å². The summed E-state index contributed by atoms with van der Waals surface area (Å²) in [6.45, 7) is 7.26. The lowest BCUT2D eigenvalue weighted by Crippen LogP contribution is -2.39. The minimum atomic E-state index is -0.659. The van der Waals surface area contributed by atoms with Crippen molar-refractivity contribution < 1.29 is 14.5 Å². The van der Waals surface area contributed by atoms with Gasteiger partial charge in [-0.15, -0.1) is 0 Å². The largest absolute Gasteiger partial charge is 0.444 e. The molecule has 1 amide bonds. The maximum Gasteiger partial charge on any atom is 0.408 e. The molecule has 2 aromatic rings. The third kappa shape index (κ3) is 8.39. The first-order valence-corrected chi connectivity index (χ1v) is 10.1. The topological polar surface area (TPSA) is 81.5 Å². The molecule has 0 saturated heterocycles. The molecule has 2 aromatic carbocycles. The Labute approximate surface area is 175 Å². The summed E-state index contributed by atoms with van der Waals surface area (Å²) in [6, 6.07) is 16.4. The number of amides is 1. The molecule has 1 atom stereocenters. The van der Waals surface area contributed by atoms with E-state index in [0.717, 1.165) is 27.8 Å². The number of aryl methyl sites for hydroxylation is 1. The number of hydrogen-bond acceptors (Lipinski definition) is 5. The third-order valence-electron chi connectivity index (χ3n) is 3.77. The lowest BCUT2D eigenvalue weighted by molar-refractivity contribution is -0.410. The zero-order chi connectivity index (χ0) is 21.4. The molecule has 0 aliphatic heterocycles. The predicted molar refractivity (Wildman–Crippen MR) is 115 cm³/mol. The van der Waals surface area contributed by atoms with Gasteiger partial charge in [0.2, 0.25) is 0 Å². The zero-order valence-corrected chi connectivity index (χ0v) is 17.9. The van der Waals surface area contributed by atoms with Gasteiger partial charge in [-0.1, -0.05) is 48.0 Å². The number of nitrogens with zero attached hydrogens (tertiary/aromatic N) is 1. The summed E-state index contributed by atoms with van der Waals surface area (Å²) in [5.74, 6) is 0. The van der Waals surface area contributed by atoms with E-state index in [1.807, 2.05) is 61.5 Å². The fourth-order valence-electron chi connectivity index (χ4n) is 2.51. The standard InChI is InChI=1S/C22H26N2O4S/c1-16-10-12-19(13-11-16)29-20(24(26)27)15-18(14-17-8-6-5-7-9-17)23-21(25)28-22(2,3)4/h5-13,15,18H,14H2,1-4H3,(H,23,25)/b20-15-/t18-/m0/s1. The van der Waals surface area contributed by atoms with E-state index in [-0.39, 0.29) is 5.03 Å². The SMILES string of the molecule is Cc1ccc(S/C(=C\[C@H](Cc2ccccc2)NC(=O)OC(C)(C)C)[N+](=O)[O-])cc1. The normalized spacial score (nSPS) is 12.9. The fourth-order valence-corrected chi connectivity index (χ4v) is 3.33. The van der Waals surface area contributed by atoms with Crippen LogP contribution < -0.4 is 5.32 Å². The molecule has 29 heavy (non-hydrogen) atoms. The van der Waals surface area contributed by atoms with Crippen molar-refractivity contribution >= 4 is 17.9 Å². The highest BCUT2D eigenvalue weighted by molar-refractivity contribution is 8.02. The molecule has 154 valence electrons. The number of nitrogens with one attached hydrogen (secondary N) is 1. The molecule has 0 spiro atoms. The molecule has 0 fully saturated rings. The Hall–Kier alpha value is -2.80. The Balaban J connectivity index is 2.26. The lowest BCUT2D eigenvalue weighted by atomic mass is 10.1. The Morgan fingerprint density at radius 1 is 1.17 bits per heavy atom. The average Bonchev–Trinajstić information content (AvgIpc) is 2.62. The average molecular weight is 415 g/mol. The molecule has 0 radical (unpaired) electrons. The minimum Gasteiger partial charge on any atom is -0.444 e. The van der Waals surface area contributed by atoms with Crippen LogP contribution in [-0.4, -0.2) is 22.7 Å². The van der Waals surface area contributed by atoms with Crippen LogP contribution in [0.2, 0.25) is 0 Å². The van der Waals surface area contributed by atoms with E-state index >= 15 is 0 Å². The first-order chi connectivity index (χ1) is 13.6. The number of hydrogen-bond donors (Lipinski definition) is 1. The summed E-state index contributed by atoms with van der Waals surface area (Å²) in [4.78, 5) is 24.2.